The van der Waals surface area contributed by atoms with E-state index in [4.69, 9.17) is 4.74 Å². The smallest absolute Gasteiger partial charge is 0.309 e. The predicted octanol–water partition coefficient (Wildman–Crippen LogP) is 1.13. The van der Waals surface area contributed by atoms with Crippen LogP contribution < -0.4 is 0 Å². The predicted molar refractivity (Wildman–Crippen MR) is 76.2 cm³/mol. The highest BCUT2D eigenvalue weighted by Gasteiger charge is 2.32. The van der Waals surface area contributed by atoms with Gasteiger partial charge < -0.3 is 14.5 Å². The fraction of sp³-hybridized carbons (Fsp3) is 0.867. The molecule has 2 heterocycles. The molecule has 1 amide bonds. The maximum absolute atomic E-state index is 12.5. The molecule has 114 valence electrons. The summed E-state index contributed by atoms with van der Waals surface area (Å²) in [6.07, 6.45) is 3.59. The molecule has 0 aliphatic carbocycles. The Balaban J connectivity index is 1.81. The summed E-state index contributed by atoms with van der Waals surface area (Å²) >= 11 is 0. The van der Waals surface area contributed by atoms with E-state index in [0.29, 0.717) is 19.7 Å². The lowest BCUT2D eigenvalue weighted by atomic mass is 9.93. The van der Waals surface area contributed by atoms with Gasteiger partial charge in [-0.1, -0.05) is 0 Å². The van der Waals surface area contributed by atoms with Gasteiger partial charge in [0.05, 0.1) is 18.4 Å². The number of carbonyl (C=O) groups is 2. The van der Waals surface area contributed by atoms with Crippen molar-refractivity contribution < 1.29 is 14.3 Å². The van der Waals surface area contributed by atoms with Crippen molar-refractivity contribution in [2.24, 2.45) is 11.8 Å². The Hall–Kier alpha value is -1.10. The van der Waals surface area contributed by atoms with Crippen LogP contribution in [0.25, 0.3) is 0 Å². The Morgan fingerprint density at radius 1 is 1.10 bits per heavy atom. The first-order chi connectivity index (χ1) is 9.61. The second kappa shape index (κ2) is 7.07. The van der Waals surface area contributed by atoms with Gasteiger partial charge in [0.1, 0.15) is 0 Å². The molecule has 0 unspecified atom stereocenters. The molecule has 2 rings (SSSR count). The summed E-state index contributed by atoms with van der Waals surface area (Å²) in [5, 5.41) is 0. The van der Waals surface area contributed by atoms with Crippen molar-refractivity contribution in [3.8, 4) is 0 Å². The molecule has 2 aliphatic heterocycles. The summed E-state index contributed by atoms with van der Waals surface area (Å²) in [6, 6.07) is 0. The highest BCUT2D eigenvalue weighted by Crippen LogP contribution is 2.23. The summed E-state index contributed by atoms with van der Waals surface area (Å²) in [4.78, 5) is 28.3. The third-order valence-electron chi connectivity index (χ3n) is 4.40. The Morgan fingerprint density at radius 2 is 1.80 bits per heavy atom. The minimum Gasteiger partial charge on any atom is -0.466 e. The molecule has 2 aliphatic rings. The minimum absolute atomic E-state index is 0.0203. The highest BCUT2D eigenvalue weighted by molar-refractivity contribution is 5.80. The van der Waals surface area contributed by atoms with Crippen LogP contribution in [0, 0.1) is 11.8 Å². The van der Waals surface area contributed by atoms with Crippen LogP contribution >= 0.6 is 0 Å². The number of hydrogen-bond donors (Lipinski definition) is 0. The number of esters is 1. The van der Waals surface area contributed by atoms with Crippen molar-refractivity contribution in [1.82, 2.24) is 9.80 Å². The zero-order chi connectivity index (χ0) is 14.5. The molecule has 5 heteroatoms. The van der Waals surface area contributed by atoms with Gasteiger partial charge in [0.25, 0.3) is 0 Å². The molecule has 0 bridgehead atoms. The van der Waals surface area contributed by atoms with Crippen molar-refractivity contribution >= 4 is 11.9 Å². The number of likely N-dealkylation sites (tertiary alicyclic amines) is 2. The van der Waals surface area contributed by atoms with E-state index in [1.807, 2.05) is 11.8 Å². The Morgan fingerprint density at radius 3 is 2.40 bits per heavy atom. The van der Waals surface area contributed by atoms with Crippen LogP contribution in [0.5, 0.6) is 0 Å². The molecule has 0 aromatic rings. The van der Waals surface area contributed by atoms with Gasteiger partial charge in [0.2, 0.25) is 5.91 Å². The molecule has 0 radical (unpaired) electrons. The molecular weight excluding hydrogens is 256 g/mol. The van der Waals surface area contributed by atoms with Crippen LogP contribution in [0.15, 0.2) is 0 Å². The maximum atomic E-state index is 12.5. The van der Waals surface area contributed by atoms with Crippen molar-refractivity contribution in [3.05, 3.63) is 0 Å². The van der Waals surface area contributed by atoms with Crippen LogP contribution in [0.2, 0.25) is 0 Å². The number of amides is 1. The zero-order valence-electron chi connectivity index (χ0n) is 12.6. The fourth-order valence-corrected chi connectivity index (χ4v) is 3.22. The summed E-state index contributed by atoms with van der Waals surface area (Å²) in [5.41, 5.74) is 0. The highest BCUT2D eigenvalue weighted by atomic mass is 16.5. The fourth-order valence-electron chi connectivity index (χ4n) is 3.22. The largest absolute Gasteiger partial charge is 0.466 e. The zero-order valence-corrected chi connectivity index (χ0v) is 12.6. The lowest BCUT2D eigenvalue weighted by molar-refractivity contribution is -0.152. The van der Waals surface area contributed by atoms with Crippen molar-refractivity contribution in [1.29, 1.82) is 0 Å². The molecule has 2 fully saturated rings. The van der Waals surface area contributed by atoms with Crippen LogP contribution in [0.4, 0.5) is 0 Å². The summed E-state index contributed by atoms with van der Waals surface area (Å²) < 4.78 is 5.06. The van der Waals surface area contributed by atoms with Crippen molar-refractivity contribution in [3.63, 3.8) is 0 Å². The van der Waals surface area contributed by atoms with Crippen LogP contribution in [0.3, 0.4) is 0 Å². The number of piperidine rings is 2. The lowest BCUT2D eigenvalue weighted by Crippen LogP contribution is -2.47. The third-order valence-corrected chi connectivity index (χ3v) is 4.40. The number of ether oxygens (including phenoxy) is 1. The van der Waals surface area contributed by atoms with E-state index >= 15 is 0 Å². The first-order valence-electron chi connectivity index (χ1n) is 7.75. The maximum Gasteiger partial charge on any atom is 0.309 e. The standard InChI is InChI=1S/C15H26N2O3/c1-3-20-15(19)12-6-9-17(10-7-12)14(18)13-5-4-8-16(2)11-13/h12-13H,3-11H2,1-2H3/t13-/m1/s1. The normalized spacial score (nSPS) is 25.5. The quantitative estimate of drug-likeness (QED) is 0.728. The third kappa shape index (κ3) is 3.72. The van der Waals surface area contributed by atoms with Gasteiger partial charge in [-0.2, -0.15) is 0 Å². The van der Waals surface area contributed by atoms with Gasteiger partial charge in [-0.05, 0) is 46.2 Å². The monoisotopic (exact) mass is 282 g/mol. The van der Waals surface area contributed by atoms with E-state index in [1.165, 1.54) is 0 Å². The number of rotatable bonds is 3. The van der Waals surface area contributed by atoms with E-state index in [2.05, 4.69) is 11.9 Å². The van der Waals surface area contributed by atoms with E-state index in [-0.39, 0.29) is 23.7 Å². The number of nitrogens with zero attached hydrogens (tertiary/aromatic N) is 2. The van der Waals surface area contributed by atoms with Crippen molar-refractivity contribution in [2.45, 2.75) is 32.6 Å². The van der Waals surface area contributed by atoms with Crippen molar-refractivity contribution in [2.75, 3.05) is 39.8 Å². The van der Waals surface area contributed by atoms with E-state index in [9.17, 15) is 9.59 Å². The van der Waals surface area contributed by atoms with E-state index in [1.54, 1.807) is 0 Å². The molecule has 0 spiro atoms. The SMILES string of the molecule is CCOC(=O)C1CCN(C(=O)[C@@H]2CCCN(C)C2)CC1. The average molecular weight is 282 g/mol. The molecule has 5 nitrogen and oxygen atoms in total. The van der Waals surface area contributed by atoms with Gasteiger partial charge in [-0.15, -0.1) is 0 Å². The van der Waals surface area contributed by atoms with Gasteiger partial charge >= 0.3 is 5.97 Å². The molecule has 0 saturated carbocycles. The Bertz CT molecular complexity index is 351. The van der Waals surface area contributed by atoms with Gasteiger partial charge in [0, 0.05) is 19.6 Å². The first kappa shape index (κ1) is 15.3. The van der Waals surface area contributed by atoms with Gasteiger partial charge in [-0.3, -0.25) is 9.59 Å². The summed E-state index contributed by atoms with van der Waals surface area (Å²) in [5.74, 6) is 0.303. The van der Waals surface area contributed by atoms with E-state index < -0.39 is 0 Å². The Labute approximate surface area is 121 Å². The van der Waals surface area contributed by atoms with Gasteiger partial charge in [0.15, 0.2) is 0 Å². The number of carbonyl (C=O) groups excluding carboxylic acids is 2. The minimum atomic E-state index is -0.100. The second-order valence-electron chi connectivity index (χ2n) is 5.95. The topological polar surface area (TPSA) is 49.9 Å². The molecule has 0 N–H and O–H groups in total. The molecule has 0 aromatic carbocycles. The van der Waals surface area contributed by atoms with Crippen LogP contribution in [-0.4, -0.2) is 61.5 Å². The van der Waals surface area contributed by atoms with E-state index in [0.717, 1.165) is 38.8 Å². The Kier molecular flexibility index (Phi) is 5.40. The lowest BCUT2D eigenvalue weighted by Gasteiger charge is -2.36. The summed E-state index contributed by atoms with van der Waals surface area (Å²) in [7, 11) is 2.08. The second-order valence-corrected chi connectivity index (χ2v) is 5.95. The van der Waals surface area contributed by atoms with Gasteiger partial charge in [-0.25, -0.2) is 0 Å². The van der Waals surface area contributed by atoms with Crippen LogP contribution in [0.1, 0.15) is 32.6 Å². The summed E-state index contributed by atoms with van der Waals surface area (Å²) in [6.45, 7) is 5.62. The molecular formula is C15H26N2O3. The first-order valence-corrected chi connectivity index (χ1v) is 7.75. The molecule has 0 aromatic heterocycles. The number of hydrogen-bond acceptors (Lipinski definition) is 4. The average Bonchev–Trinajstić information content (AvgIpc) is 2.47. The molecule has 1 atom stereocenters. The molecule has 2 saturated heterocycles. The molecule has 20 heavy (non-hydrogen) atoms. The van der Waals surface area contributed by atoms with Crippen LogP contribution in [-0.2, 0) is 14.3 Å².